The minimum absolute atomic E-state index is 0.871. The molecular weight excluding hydrogens is 192 g/mol. The van der Waals surface area contributed by atoms with Crippen LogP contribution >= 0.6 is 0 Å². The predicted molar refractivity (Wildman–Crippen MR) is 75.7 cm³/mol. The topological polar surface area (TPSA) is 0 Å². The third-order valence-electron chi connectivity index (χ3n) is 3.88. The highest BCUT2D eigenvalue weighted by Crippen LogP contribution is 2.27. The molecule has 0 aromatic carbocycles. The van der Waals surface area contributed by atoms with Crippen LogP contribution in [0.4, 0.5) is 0 Å². The van der Waals surface area contributed by atoms with Gasteiger partial charge in [0.1, 0.15) is 0 Å². The third kappa shape index (κ3) is 8.19. The van der Waals surface area contributed by atoms with Crippen LogP contribution in [-0.2, 0) is 0 Å². The summed E-state index contributed by atoms with van der Waals surface area (Å²) < 4.78 is 0. The van der Waals surface area contributed by atoms with Gasteiger partial charge in [-0.1, -0.05) is 80.1 Å². The van der Waals surface area contributed by atoms with Gasteiger partial charge in [0.2, 0.25) is 0 Å². The highest BCUT2D eigenvalue weighted by molar-refractivity contribution is 4.67. The van der Waals surface area contributed by atoms with Gasteiger partial charge in [-0.2, -0.15) is 0 Å². The Morgan fingerprint density at radius 3 is 1.69 bits per heavy atom. The molecule has 0 N–H and O–H groups in total. The van der Waals surface area contributed by atoms with Gasteiger partial charge in [0, 0.05) is 0 Å². The maximum Gasteiger partial charge on any atom is -0.0391 e. The van der Waals surface area contributed by atoms with Gasteiger partial charge in [-0.25, -0.2) is 0 Å². The quantitative estimate of drug-likeness (QED) is 0.458. The summed E-state index contributed by atoms with van der Waals surface area (Å²) in [6, 6.07) is 0. The first-order chi connectivity index (χ1) is 7.47. The lowest BCUT2D eigenvalue weighted by Gasteiger charge is -2.23. The van der Waals surface area contributed by atoms with Crippen LogP contribution in [0.15, 0.2) is 0 Å². The molecule has 0 aliphatic heterocycles. The number of rotatable bonds is 9. The summed E-state index contributed by atoms with van der Waals surface area (Å²) in [5, 5.41) is 0. The molecule has 0 amide bonds. The van der Waals surface area contributed by atoms with E-state index < -0.39 is 0 Å². The molecule has 0 bridgehead atoms. The van der Waals surface area contributed by atoms with Gasteiger partial charge in [0.05, 0.1) is 0 Å². The van der Waals surface area contributed by atoms with Crippen molar-refractivity contribution in [2.24, 2.45) is 23.7 Å². The van der Waals surface area contributed by atoms with E-state index in [0.29, 0.717) is 0 Å². The Balaban J connectivity index is 3.78. The van der Waals surface area contributed by atoms with Crippen molar-refractivity contribution in [1.29, 1.82) is 0 Å². The molecule has 98 valence electrons. The van der Waals surface area contributed by atoms with Gasteiger partial charge >= 0.3 is 0 Å². The first kappa shape index (κ1) is 16.0. The molecule has 0 heteroatoms. The van der Waals surface area contributed by atoms with Crippen LogP contribution < -0.4 is 0 Å². The second-order valence-electron chi connectivity index (χ2n) is 6.44. The average molecular weight is 226 g/mol. The van der Waals surface area contributed by atoms with Gasteiger partial charge in [-0.15, -0.1) is 0 Å². The first-order valence-electron chi connectivity index (χ1n) is 7.47. The van der Waals surface area contributed by atoms with E-state index in [4.69, 9.17) is 0 Å². The fourth-order valence-corrected chi connectivity index (χ4v) is 2.51. The van der Waals surface area contributed by atoms with Crippen molar-refractivity contribution < 1.29 is 0 Å². The lowest BCUT2D eigenvalue weighted by Crippen LogP contribution is -2.12. The van der Waals surface area contributed by atoms with E-state index in [0.717, 1.165) is 23.7 Å². The third-order valence-corrected chi connectivity index (χ3v) is 3.88. The Bertz CT molecular complexity index is 146. The van der Waals surface area contributed by atoms with Crippen LogP contribution in [0.25, 0.3) is 0 Å². The van der Waals surface area contributed by atoms with Crippen LogP contribution in [0.5, 0.6) is 0 Å². The fourth-order valence-electron chi connectivity index (χ4n) is 2.51. The van der Waals surface area contributed by atoms with Crippen LogP contribution in [0.1, 0.15) is 80.1 Å². The monoisotopic (exact) mass is 226 g/mol. The number of hydrogen-bond acceptors (Lipinski definition) is 0. The van der Waals surface area contributed by atoms with Gasteiger partial charge in [-0.05, 0) is 23.7 Å². The molecule has 0 saturated carbocycles. The summed E-state index contributed by atoms with van der Waals surface area (Å²) in [6.07, 6.45) is 8.50. The molecule has 0 aliphatic rings. The minimum atomic E-state index is 0.871. The molecule has 0 saturated heterocycles. The van der Waals surface area contributed by atoms with Gasteiger partial charge in [0.15, 0.2) is 0 Å². The Morgan fingerprint density at radius 2 is 1.25 bits per heavy atom. The molecule has 2 unspecified atom stereocenters. The molecule has 0 aromatic heterocycles. The van der Waals surface area contributed by atoms with Gasteiger partial charge in [-0.3, -0.25) is 0 Å². The van der Waals surface area contributed by atoms with Crippen LogP contribution in [0.3, 0.4) is 0 Å². The molecule has 0 fully saturated rings. The Morgan fingerprint density at radius 1 is 0.688 bits per heavy atom. The van der Waals surface area contributed by atoms with Crippen molar-refractivity contribution in [3.63, 3.8) is 0 Å². The summed E-state index contributed by atoms with van der Waals surface area (Å²) in [4.78, 5) is 0. The molecule has 0 radical (unpaired) electrons. The standard InChI is InChI=1S/C16H34/c1-7-16(10-8-9-13(2)3)15(6)12-11-14(4)5/h13-16H,7-12H2,1-6H3. The van der Waals surface area contributed by atoms with Crippen molar-refractivity contribution in [2.75, 3.05) is 0 Å². The zero-order valence-electron chi connectivity index (χ0n) is 12.6. The highest BCUT2D eigenvalue weighted by Gasteiger charge is 2.15. The predicted octanol–water partition coefficient (Wildman–Crippen LogP) is 5.91. The summed E-state index contributed by atoms with van der Waals surface area (Å²) in [5.74, 6) is 3.65. The van der Waals surface area contributed by atoms with Crippen molar-refractivity contribution in [1.82, 2.24) is 0 Å². The minimum Gasteiger partial charge on any atom is -0.0651 e. The molecule has 16 heavy (non-hydrogen) atoms. The second-order valence-corrected chi connectivity index (χ2v) is 6.44. The van der Waals surface area contributed by atoms with Crippen molar-refractivity contribution in [3.8, 4) is 0 Å². The lowest BCUT2D eigenvalue weighted by atomic mass is 9.82. The Kier molecular flexibility index (Phi) is 9.07. The molecule has 0 heterocycles. The largest absolute Gasteiger partial charge is 0.0651 e. The van der Waals surface area contributed by atoms with Gasteiger partial charge in [0.25, 0.3) is 0 Å². The maximum atomic E-state index is 2.46. The fraction of sp³-hybridized carbons (Fsp3) is 1.00. The smallest absolute Gasteiger partial charge is 0.0391 e. The zero-order valence-corrected chi connectivity index (χ0v) is 12.6. The first-order valence-corrected chi connectivity index (χ1v) is 7.47. The number of hydrogen-bond donors (Lipinski definition) is 0. The summed E-state index contributed by atoms with van der Waals surface area (Å²) in [5.41, 5.74) is 0. The van der Waals surface area contributed by atoms with E-state index in [1.165, 1.54) is 38.5 Å². The average Bonchev–Trinajstić information content (AvgIpc) is 2.20. The molecule has 0 aliphatic carbocycles. The molecule has 0 nitrogen and oxygen atoms in total. The van der Waals surface area contributed by atoms with Crippen molar-refractivity contribution in [3.05, 3.63) is 0 Å². The van der Waals surface area contributed by atoms with Gasteiger partial charge < -0.3 is 0 Å². The summed E-state index contributed by atoms with van der Waals surface area (Å²) in [6.45, 7) is 14.2. The van der Waals surface area contributed by atoms with E-state index in [9.17, 15) is 0 Å². The molecular formula is C16H34. The highest BCUT2D eigenvalue weighted by atomic mass is 14.2. The van der Waals surface area contributed by atoms with E-state index in [1.807, 2.05) is 0 Å². The molecule has 2 atom stereocenters. The SMILES string of the molecule is CCC(CCCC(C)C)C(C)CCC(C)C. The normalized spacial score (nSPS) is 15.8. The Labute approximate surface area is 104 Å². The second kappa shape index (κ2) is 9.07. The van der Waals surface area contributed by atoms with E-state index >= 15 is 0 Å². The summed E-state index contributed by atoms with van der Waals surface area (Å²) >= 11 is 0. The van der Waals surface area contributed by atoms with Crippen molar-refractivity contribution in [2.45, 2.75) is 80.1 Å². The maximum absolute atomic E-state index is 2.46. The molecule has 0 rings (SSSR count). The van der Waals surface area contributed by atoms with E-state index in [2.05, 4.69) is 41.5 Å². The molecule has 0 aromatic rings. The lowest BCUT2D eigenvalue weighted by molar-refractivity contribution is 0.280. The van der Waals surface area contributed by atoms with E-state index in [-0.39, 0.29) is 0 Å². The Hall–Kier alpha value is 0. The van der Waals surface area contributed by atoms with E-state index in [1.54, 1.807) is 0 Å². The molecule has 0 spiro atoms. The van der Waals surface area contributed by atoms with Crippen LogP contribution in [-0.4, -0.2) is 0 Å². The van der Waals surface area contributed by atoms with Crippen LogP contribution in [0.2, 0.25) is 0 Å². The summed E-state index contributed by atoms with van der Waals surface area (Å²) in [7, 11) is 0. The van der Waals surface area contributed by atoms with Crippen LogP contribution in [0, 0.1) is 23.7 Å². The zero-order chi connectivity index (χ0) is 12.6. The van der Waals surface area contributed by atoms with Crippen molar-refractivity contribution >= 4 is 0 Å².